The monoisotopic (exact) mass is 502 g/mol. The van der Waals surface area contributed by atoms with Crippen molar-refractivity contribution in [2.24, 2.45) is 0 Å². The number of fused-ring (bicyclic) bond motifs is 1. The van der Waals surface area contributed by atoms with Crippen LogP contribution in [0.5, 0.6) is 0 Å². The van der Waals surface area contributed by atoms with Gasteiger partial charge in [0.2, 0.25) is 5.60 Å². The highest BCUT2D eigenvalue weighted by atomic mass is 31.0. The fraction of sp³-hybridized carbons (Fsp3) is 0.231. The zero-order valence-corrected chi connectivity index (χ0v) is 20.1. The first-order valence-corrected chi connectivity index (χ1v) is 11.3. The molecule has 0 bridgehead atoms. The second-order valence-electron chi connectivity index (χ2n) is 8.62. The molecule has 0 saturated heterocycles. The van der Waals surface area contributed by atoms with E-state index in [-0.39, 0.29) is 18.2 Å². The molecule has 2 unspecified atom stereocenters. The van der Waals surface area contributed by atoms with Crippen molar-refractivity contribution in [1.82, 2.24) is 9.55 Å². The van der Waals surface area contributed by atoms with Gasteiger partial charge in [0.05, 0.1) is 16.6 Å². The molecule has 0 saturated carbocycles. The molecule has 1 aromatic heterocycles. The number of alkyl halides is 4. The van der Waals surface area contributed by atoms with Crippen LogP contribution in [0.2, 0.25) is 0 Å². The van der Waals surface area contributed by atoms with Crippen LogP contribution in [0.4, 0.5) is 17.6 Å². The molecule has 4 aromatic rings. The van der Waals surface area contributed by atoms with Crippen LogP contribution in [0.3, 0.4) is 0 Å². The third-order valence-electron chi connectivity index (χ3n) is 5.96. The zero-order valence-electron chi connectivity index (χ0n) is 19.0. The zero-order chi connectivity index (χ0) is 25.6. The van der Waals surface area contributed by atoms with Gasteiger partial charge in [-0.15, -0.1) is 0 Å². The number of halogens is 4. The number of aryl methyl sites for hydroxylation is 1. The largest absolute Gasteiger partial charge is 0.374 e. The quantitative estimate of drug-likeness (QED) is 0.276. The molecular formula is C26H23F4N2O2P. The number of aliphatic hydroxyl groups is 1. The molecule has 0 fully saturated rings. The van der Waals surface area contributed by atoms with E-state index in [1.807, 2.05) is 43.3 Å². The molecule has 4 nitrogen and oxygen atoms in total. The van der Waals surface area contributed by atoms with E-state index in [2.05, 4.69) is 4.98 Å². The molecule has 0 aliphatic rings. The Kier molecular flexibility index (Phi) is 6.32. The van der Waals surface area contributed by atoms with Crippen LogP contribution < -0.4 is 5.56 Å². The number of hydrogen-bond acceptors (Lipinski definition) is 3. The summed E-state index contributed by atoms with van der Waals surface area (Å²) in [6, 6.07) is 19.1. The minimum Gasteiger partial charge on any atom is -0.374 e. The van der Waals surface area contributed by atoms with Crippen LogP contribution >= 0.6 is 9.24 Å². The number of aromatic nitrogens is 2. The second-order valence-corrected chi connectivity index (χ2v) is 9.35. The lowest BCUT2D eigenvalue weighted by molar-refractivity contribution is -0.250. The van der Waals surface area contributed by atoms with Crippen molar-refractivity contribution in [1.29, 1.82) is 0 Å². The third-order valence-corrected chi connectivity index (χ3v) is 6.38. The van der Waals surface area contributed by atoms with E-state index in [1.165, 1.54) is 16.7 Å². The van der Waals surface area contributed by atoms with Crippen molar-refractivity contribution in [3.05, 3.63) is 106 Å². The Morgan fingerprint density at radius 2 is 1.60 bits per heavy atom. The molecule has 1 heterocycles. The Morgan fingerprint density at radius 3 is 2.17 bits per heavy atom. The molecule has 0 spiro atoms. The van der Waals surface area contributed by atoms with Crippen molar-refractivity contribution in [2.75, 3.05) is 0 Å². The standard InChI is InChI=1S/C26H23F4N2O2P/c1-16-8-13-21-20(14-16)23(33)32(22(31-21)15-17-6-4-3-5-7-17)19-11-9-18(10-12-19)25(34,24(2,27)28)26(29,30)35/h3-14,34H,15,35H2,1-2H3. The van der Waals surface area contributed by atoms with Crippen LogP contribution in [-0.2, 0) is 12.0 Å². The molecule has 4 rings (SSSR count). The van der Waals surface area contributed by atoms with Gasteiger partial charge in [-0.25, -0.2) is 13.8 Å². The molecule has 0 aliphatic heterocycles. The summed E-state index contributed by atoms with van der Waals surface area (Å²) in [6.07, 6.45) is 0.294. The maximum atomic E-state index is 14.2. The van der Waals surface area contributed by atoms with Crippen molar-refractivity contribution in [2.45, 2.75) is 37.5 Å². The number of hydrogen-bond donors (Lipinski definition) is 1. The molecular weight excluding hydrogens is 479 g/mol. The van der Waals surface area contributed by atoms with Crippen molar-refractivity contribution in [3.63, 3.8) is 0 Å². The summed E-state index contributed by atoms with van der Waals surface area (Å²) in [5, 5.41) is 10.8. The number of rotatable bonds is 6. The van der Waals surface area contributed by atoms with Gasteiger partial charge >= 0.3 is 0 Å². The van der Waals surface area contributed by atoms with Crippen molar-refractivity contribution in [3.8, 4) is 5.69 Å². The predicted octanol–water partition coefficient (Wildman–Crippen LogP) is 5.60. The van der Waals surface area contributed by atoms with Gasteiger partial charge in [-0.3, -0.25) is 9.36 Å². The van der Waals surface area contributed by atoms with Gasteiger partial charge in [0, 0.05) is 13.3 Å². The van der Waals surface area contributed by atoms with Crippen LogP contribution in [0, 0.1) is 6.92 Å². The first kappa shape index (κ1) is 25.0. The summed E-state index contributed by atoms with van der Waals surface area (Å²) in [5.41, 5.74) is -6.56. The third kappa shape index (κ3) is 4.48. The van der Waals surface area contributed by atoms with E-state index in [0.29, 0.717) is 23.1 Å². The SMILES string of the molecule is Cc1ccc2nc(Cc3ccccc3)n(-c3ccc(C(O)(C(C)(F)F)C(F)(F)P)cc3)c(=O)c2c1. The normalized spacial score (nSPS) is 14.2. The fourth-order valence-electron chi connectivity index (χ4n) is 4.10. The van der Waals surface area contributed by atoms with Crippen LogP contribution in [0.25, 0.3) is 16.6 Å². The Hall–Kier alpha value is -3.09. The number of nitrogens with zero attached hydrogens (tertiary/aromatic N) is 2. The van der Waals surface area contributed by atoms with Gasteiger partial charge in [0.15, 0.2) is 0 Å². The van der Waals surface area contributed by atoms with Gasteiger partial charge in [0.1, 0.15) is 5.82 Å². The molecule has 0 amide bonds. The Balaban J connectivity index is 1.91. The van der Waals surface area contributed by atoms with Gasteiger partial charge in [-0.2, -0.15) is 8.78 Å². The lowest BCUT2D eigenvalue weighted by Gasteiger charge is -2.38. The lowest BCUT2D eigenvalue weighted by atomic mass is 9.88. The molecule has 182 valence electrons. The second kappa shape index (κ2) is 8.85. The summed E-state index contributed by atoms with van der Waals surface area (Å²) in [4.78, 5) is 18.2. The summed E-state index contributed by atoms with van der Waals surface area (Å²) in [7, 11) is 0.983. The minimum absolute atomic E-state index is 0.233. The minimum atomic E-state index is -4.22. The maximum absolute atomic E-state index is 14.2. The van der Waals surface area contributed by atoms with Crippen LogP contribution in [-0.4, -0.2) is 26.2 Å². The molecule has 0 aliphatic carbocycles. The Morgan fingerprint density at radius 1 is 0.971 bits per heavy atom. The highest BCUT2D eigenvalue weighted by molar-refractivity contribution is 7.18. The van der Waals surface area contributed by atoms with Gasteiger partial charge < -0.3 is 5.11 Å². The summed E-state index contributed by atoms with van der Waals surface area (Å²) in [6.45, 7) is 2.07. The molecule has 35 heavy (non-hydrogen) atoms. The van der Waals surface area contributed by atoms with E-state index in [9.17, 15) is 27.5 Å². The highest BCUT2D eigenvalue weighted by Gasteiger charge is 2.64. The molecule has 2 atom stereocenters. The maximum Gasteiger partial charge on any atom is 0.296 e. The summed E-state index contributed by atoms with van der Waals surface area (Å²) >= 11 is 0. The number of benzene rings is 3. The lowest BCUT2D eigenvalue weighted by Crippen LogP contribution is -2.53. The first-order valence-electron chi connectivity index (χ1n) is 10.8. The smallest absolute Gasteiger partial charge is 0.296 e. The van der Waals surface area contributed by atoms with Gasteiger partial charge in [0.25, 0.3) is 17.1 Å². The highest BCUT2D eigenvalue weighted by Crippen LogP contribution is 2.51. The van der Waals surface area contributed by atoms with E-state index in [0.717, 1.165) is 32.5 Å². The van der Waals surface area contributed by atoms with Gasteiger partial charge in [-0.05, 0) is 42.3 Å². The van der Waals surface area contributed by atoms with Gasteiger partial charge in [-0.1, -0.05) is 63.3 Å². The fourth-order valence-corrected chi connectivity index (χ4v) is 4.52. The topological polar surface area (TPSA) is 55.1 Å². The first-order chi connectivity index (χ1) is 16.3. The predicted molar refractivity (Wildman–Crippen MR) is 130 cm³/mol. The van der Waals surface area contributed by atoms with E-state index >= 15 is 0 Å². The van der Waals surface area contributed by atoms with Crippen molar-refractivity contribution >= 4 is 20.1 Å². The summed E-state index contributed by atoms with van der Waals surface area (Å²) in [5.74, 6) is -3.77. The van der Waals surface area contributed by atoms with Crippen LogP contribution in [0.15, 0.2) is 77.6 Å². The average molecular weight is 502 g/mol. The summed E-state index contributed by atoms with van der Waals surface area (Å²) < 4.78 is 57.9. The van der Waals surface area contributed by atoms with E-state index in [1.54, 1.807) is 12.1 Å². The molecule has 0 radical (unpaired) electrons. The average Bonchev–Trinajstić information content (AvgIpc) is 2.79. The van der Waals surface area contributed by atoms with E-state index < -0.39 is 22.8 Å². The Labute approximate surface area is 201 Å². The van der Waals surface area contributed by atoms with Crippen LogP contribution in [0.1, 0.15) is 29.4 Å². The van der Waals surface area contributed by atoms with E-state index in [4.69, 9.17) is 0 Å². The molecule has 1 N–H and O–H groups in total. The Bertz CT molecular complexity index is 1410. The molecule has 9 heteroatoms. The van der Waals surface area contributed by atoms with Crippen molar-refractivity contribution < 1.29 is 22.7 Å². The molecule has 3 aromatic carbocycles.